The molecule has 0 fully saturated rings. The van der Waals surface area contributed by atoms with E-state index in [1.54, 1.807) is 67.5 Å². The number of ether oxygens (including phenoxy) is 3. The minimum absolute atomic E-state index is 0.0244. The highest BCUT2D eigenvalue weighted by atomic mass is 16.6. The Morgan fingerprint density at radius 2 is 1.44 bits per heavy atom. The average Bonchev–Trinajstić information content (AvgIpc) is 2.78. The summed E-state index contributed by atoms with van der Waals surface area (Å²) in [5, 5.41) is 5.06. The normalized spacial score (nSPS) is 13.1. The van der Waals surface area contributed by atoms with Gasteiger partial charge in [-0.15, -0.1) is 0 Å². The summed E-state index contributed by atoms with van der Waals surface area (Å²) in [6.07, 6.45) is -1.23. The third-order valence-electron chi connectivity index (χ3n) is 4.97. The second-order valence-electron chi connectivity index (χ2n) is 11.6. The molecule has 2 N–H and O–H groups in total. The van der Waals surface area contributed by atoms with Crippen molar-refractivity contribution in [3.05, 3.63) is 35.9 Å². The van der Waals surface area contributed by atoms with Crippen molar-refractivity contribution in [1.29, 1.82) is 0 Å². The number of carbonyl (C=O) groups excluding carboxylic acids is 5. The molecule has 218 valence electrons. The maximum absolute atomic E-state index is 13.2. The van der Waals surface area contributed by atoms with Crippen molar-refractivity contribution in [1.82, 2.24) is 15.5 Å². The van der Waals surface area contributed by atoms with Crippen molar-refractivity contribution in [2.75, 3.05) is 13.6 Å². The minimum Gasteiger partial charge on any atom is -0.460 e. The van der Waals surface area contributed by atoms with Gasteiger partial charge in [0, 0.05) is 7.05 Å². The molecule has 11 heteroatoms. The molecule has 0 aliphatic rings. The maximum Gasteiger partial charge on any atom is 0.410 e. The van der Waals surface area contributed by atoms with Crippen molar-refractivity contribution in [2.24, 2.45) is 5.92 Å². The quantitative estimate of drug-likeness (QED) is 0.317. The monoisotopic (exact) mass is 549 g/mol. The van der Waals surface area contributed by atoms with E-state index in [0.717, 1.165) is 10.5 Å². The number of carbonyl (C=O) groups is 5. The molecule has 0 unspecified atom stereocenters. The van der Waals surface area contributed by atoms with Crippen LogP contribution in [0.4, 0.5) is 4.79 Å². The fourth-order valence-corrected chi connectivity index (χ4v) is 3.23. The second-order valence-corrected chi connectivity index (χ2v) is 11.6. The molecule has 0 aliphatic heterocycles. The number of hydrogen-bond donors (Lipinski definition) is 2. The third-order valence-corrected chi connectivity index (χ3v) is 4.97. The van der Waals surface area contributed by atoms with Crippen LogP contribution in [0.3, 0.4) is 0 Å². The Morgan fingerprint density at radius 3 is 1.95 bits per heavy atom. The zero-order chi connectivity index (χ0) is 30.0. The van der Waals surface area contributed by atoms with Gasteiger partial charge in [-0.2, -0.15) is 0 Å². The van der Waals surface area contributed by atoms with E-state index in [1.807, 2.05) is 18.2 Å². The maximum atomic E-state index is 13.2. The molecule has 0 bridgehead atoms. The van der Waals surface area contributed by atoms with Crippen LogP contribution in [0.25, 0.3) is 0 Å². The van der Waals surface area contributed by atoms with E-state index in [1.165, 1.54) is 7.05 Å². The van der Waals surface area contributed by atoms with E-state index in [-0.39, 0.29) is 12.5 Å². The molecule has 1 aromatic rings. The largest absolute Gasteiger partial charge is 0.460 e. The topological polar surface area (TPSA) is 140 Å². The summed E-state index contributed by atoms with van der Waals surface area (Å²) in [5.74, 6) is -3.19. The molecule has 0 radical (unpaired) electrons. The van der Waals surface area contributed by atoms with E-state index < -0.39 is 66.1 Å². The number of esters is 2. The first kappa shape index (κ1) is 33.4. The highest BCUT2D eigenvalue weighted by Gasteiger charge is 2.34. The van der Waals surface area contributed by atoms with Crippen molar-refractivity contribution in [3.8, 4) is 0 Å². The van der Waals surface area contributed by atoms with Gasteiger partial charge in [-0.1, -0.05) is 44.2 Å². The van der Waals surface area contributed by atoms with Crippen molar-refractivity contribution in [3.63, 3.8) is 0 Å². The van der Waals surface area contributed by atoms with Crippen LogP contribution in [0.1, 0.15) is 67.4 Å². The van der Waals surface area contributed by atoms with Crippen LogP contribution in [0, 0.1) is 5.92 Å². The number of rotatable bonds is 11. The Morgan fingerprint density at radius 1 is 0.872 bits per heavy atom. The average molecular weight is 550 g/mol. The van der Waals surface area contributed by atoms with Crippen LogP contribution in [0.2, 0.25) is 0 Å². The van der Waals surface area contributed by atoms with Gasteiger partial charge < -0.3 is 29.7 Å². The number of nitrogens with one attached hydrogen (secondary N) is 2. The molecule has 2 atom stereocenters. The van der Waals surface area contributed by atoms with Gasteiger partial charge in [-0.05, 0) is 53.0 Å². The second kappa shape index (κ2) is 14.5. The lowest BCUT2D eigenvalue weighted by atomic mass is 10.0. The Hall–Kier alpha value is -3.63. The summed E-state index contributed by atoms with van der Waals surface area (Å²) < 4.78 is 15.9. The molecule has 39 heavy (non-hydrogen) atoms. The van der Waals surface area contributed by atoms with E-state index in [4.69, 9.17) is 14.2 Å². The van der Waals surface area contributed by atoms with Crippen LogP contribution in [0.15, 0.2) is 30.3 Å². The lowest BCUT2D eigenvalue weighted by Crippen LogP contribution is -2.55. The Balaban J connectivity index is 2.94. The van der Waals surface area contributed by atoms with Gasteiger partial charge in [0.25, 0.3) is 0 Å². The highest BCUT2D eigenvalue weighted by Crippen LogP contribution is 2.14. The van der Waals surface area contributed by atoms with E-state index in [9.17, 15) is 24.0 Å². The summed E-state index contributed by atoms with van der Waals surface area (Å²) in [4.78, 5) is 64.6. The molecule has 11 nitrogen and oxygen atoms in total. The fraction of sp³-hybridized carbons (Fsp3) is 0.607. The summed E-state index contributed by atoms with van der Waals surface area (Å²) in [6, 6.07) is 6.65. The van der Waals surface area contributed by atoms with Crippen molar-refractivity contribution in [2.45, 2.75) is 91.7 Å². The van der Waals surface area contributed by atoms with Crippen molar-refractivity contribution < 1.29 is 38.2 Å². The standard InChI is InChI=1S/C28H43N3O8/c1-18(2)23(25(35)39-28(6,7)8)30-24(34)20(15-22(33)38-27(3,4)5)29-21(32)16-31(9)26(36)37-17-19-13-11-10-12-14-19/h10-14,18,20,23H,15-17H2,1-9H3,(H,29,32)(H,30,34)/t20-,23-/m0/s1. The molecular formula is C28H43N3O8. The zero-order valence-corrected chi connectivity index (χ0v) is 24.5. The number of nitrogens with zero attached hydrogens (tertiary/aromatic N) is 1. The SMILES string of the molecule is CC(C)[C@H](NC(=O)[C@H](CC(=O)OC(C)(C)C)NC(=O)CN(C)C(=O)OCc1ccccc1)C(=O)OC(C)(C)C. The summed E-state index contributed by atoms with van der Waals surface area (Å²) in [7, 11) is 1.37. The molecule has 0 saturated heterocycles. The number of amides is 3. The zero-order valence-electron chi connectivity index (χ0n) is 24.5. The van der Waals surface area contributed by atoms with E-state index in [0.29, 0.717) is 0 Å². The summed E-state index contributed by atoms with van der Waals surface area (Å²) >= 11 is 0. The van der Waals surface area contributed by atoms with E-state index in [2.05, 4.69) is 10.6 Å². The molecule has 0 spiro atoms. The minimum atomic E-state index is -1.37. The van der Waals surface area contributed by atoms with E-state index >= 15 is 0 Å². The molecule has 1 rings (SSSR count). The number of hydrogen-bond acceptors (Lipinski definition) is 8. The van der Waals surface area contributed by atoms with Gasteiger partial charge in [-0.25, -0.2) is 9.59 Å². The first-order chi connectivity index (χ1) is 17.9. The first-order valence-electron chi connectivity index (χ1n) is 12.8. The number of likely N-dealkylation sites (N-methyl/N-ethyl adjacent to an activating group) is 1. The van der Waals surface area contributed by atoms with Gasteiger partial charge in [0.05, 0.1) is 6.42 Å². The predicted molar refractivity (Wildman–Crippen MR) is 144 cm³/mol. The molecular weight excluding hydrogens is 506 g/mol. The number of benzene rings is 1. The van der Waals surface area contributed by atoms with Gasteiger partial charge in [0.2, 0.25) is 11.8 Å². The predicted octanol–water partition coefficient (Wildman–Crippen LogP) is 2.95. The van der Waals surface area contributed by atoms with Crippen LogP contribution < -0.4 is 10.6 Å². The molecule has 0 aliphatic carbocycles. The lowest BCUT2D eigenvalue weighted by Gasteiger charge is -2.28. The van der Waals surface area contributed by atoms with Crippen LogP contribution in [-0.4, -0.2) is 71.6 Å². The van der Waals surface area contributed by atoms with Gasteiger partial charge in [0.1, 0.15) is 36.4 Å². The van der Waals surface area contributed by atoms with Crippen LogP contribution in [-0.2, 0) is 40.0 Å². The molecule has 1 aromatic carbocycles. The molecule has 0 saturated carbocycles. The molecule has 3 amide bonds. The highest BCUT2D eigenvalue weighted by molar-refractivity contribution is 5.94. The summed E-state index contributed by atoms with van der Waals surface area (Å²) in [6.45, 7) is 13.2. The van der Waals surface area contributed by atoms with Gasteiger partial charge in [-0.3, -0.25) is 14.4 Å². The summed E-state index contributed by atoms with van der Waals surface area (Å²) in [5.41, 5.74) is -0.817. The lowest BCUT2D eigenvalue weighted by molar-refractivity contribution is -0.160. The van der Waals surface area contributed by atoms with Crippen LogP contribution >= 0.6 is 0 Å². The fourth-order valence-electron chi connectivity index (χ4n) is 3.23. The smallest absolute Gasteiger partial charge is 0.410 e. The first-order valence-corrected chi connectivity index (χ1v) is 12.8. The Kier molecular flexibility index (Phi) is 12.4. The van der Waals surface area contributed by atoms with Crippen LogP contribution in [0.5, 0.6) is 0 Å². The Bertz CT molecular complexity index is 996. The third kappa shape index (κ3) is 13.6. The van der Waals surface area contributed by atoms with Gasteiger partial charge in [0.15, 0.2) is 0 Å². The van der Waals surface area contributed by atoms with Gasteiger partial charge >= 0.3 is 18.0 Å². The Labute approximate surface area is 230 Å². The van der Waals surface area contributed by atoms with Crippen molar-refractivity contribution >= 4 is 29.8 Å². The molecule has 0 aromatic heterocycles. The molecule has 0 heterocycles.